The average molecular weight is 392 g/mol. The molecule has 1 aromatic carbocycles. The van der Waals surface area contributed by atoms with Crippen LogP contribution in [0.5, 0.6) is 5.75 Å². The molecule has 1 aliphatic carbocycles. The number of anilines is 2. The molecule has 2 aromatic heterocycles. The largest absolute Gasteiger partial charge is 0.488 e. The van der Waals surface area contributed by atoms with Gasteiger partial charge in [-0.15, -0.1) is 0 Å². The van der Waals surface area contributed by atoms with E-state index >= 15 is 0 Å². The lowest BCUT2D eigenvalue weighted by molar-refractivity contribution is 0.0721. The number of nitrogens with zero attached hydrogens (tertiary/aromatic N) is 5. The Hall–Kier alpha value is -3.00. The molecule has 8 heteroatoms. The quantitative estimate of drug-likeness (QED) is 0.685. The van der Waals surface area contributed by atoms with Gasteiger partial charge in [0.05, 0.1) is 24.8 Å². The van der Waals surface area contributed by atoms with E-state index in [9.17, 15) is 0 Å². The van der Waals surface area contributed by atoms with Crippen LogP contribution in [0.25, 0.3) is 11.0 Å². The van der Waals surface area contributed by atoms with Crippen molar-refractivity contribution >= 4 is 22.7 Å². The second-order valence-corrected chi connectivity index (χ2v) is 7.50. The molecule has 1 N–H and O–H groups in total. The lowest BCUT2D eigenvalue weighted by Gasteiger charge is -2.36. The molecule has 1 saturated carbocycles. The highest BCUT2D eigenvalue weighted by molar-refractivity contribution is 5.85. The highest BCUT2D eigenvalue weighted by Gasteiger charge is 2.31. The molecule has 3 aromatic rings. The fraction of sp³-hybridized carbons (Fsp3) is 0.429. The van der Waals surface area contributed by atoms with Crippen molar-refractivity contribution in [3.05, 3.63) is 43.0 Å². The summed E-state index contributed by atoms with van der Waals surface area (Å²) in [5.74, 6) is 2.06. The van der Waals surface area contributed by atoms with Crippen LogP contribution in [-0.4, -0.2) is 58.9 Å². The lowest BCUT2D eigenvalue weighted by atomic mass is 9.82. The van der Waals surface area contributed by atoms with Crippen LogP contribution in [0.4, 0.5) is 11.6 Å². The Morgan fingerprint density at radius 2 is 1.79 bits per heavy atom. The van der Waals surface area contributed by atoms with Crippen molar-refractivity contribution in [3.8, 4) is 5.75 Å². The molecular weight excluding hydrogens is 368 g/mol. The van der Waals surface area contributed by atoms with Gasteiger partial charge in [0.2, 0.25) is 5.95 Å². The van der Waals surface area contributed by atoms with Gasteiger partial charge in [-0.05, 0) is 30.9 Å². The minimum atomic E-state index is 0.198. The summed E-state index contributed by atoms with van der Waals surface area (Å²) in [5, 5.41) is 3.29. The van der Waals surface area contributed by atoms with Crippen LogP contribution in [0.3, 0.4) is 0 Å². The van der Waals surface area contributed by atoms with E-state index in [0.29, 0.717) is 11.9 Å². The Balaban J connectivity index is 1.25. The summed E-state index contributed by atoms with van der Waals surface area (Å²) >= 11 is 0. The Kier molecular flexibility index (Phi) is 5.08. The Bertz CT molecular complexity index is 958. The maximum absolute atomic E-state index is 6.36. The molecule has 0 radical (unpaired) electrons. The number of benzene rings is 1. The van der Waals surface area contributed by atoms with Crippen molar-refractivity contribution in [2.75, 3.05) is 43.1 Å². The number of hydrogen-bond acceptors (Lipinski definition) is 8. The van der Waals surface area contributed by atoms with Gasteiger partial charge < -0.3 is 19.7 Å². The first kappa shape index (κ1) is 18.1. The molecule has 0 spiro atoms. The summed E-state index contributed by atoms with van der Waals surface area (Å²) in [5.41, 5.74) is 2.81. The molecule has 1 aliphatic heterocycles. The van der Waals surface area contributed by atoms with E-state index in [0.717, 1.165) is 68.2 Å². The SMILES string of the molecule is c1cnc(NC[C@H]2C[C@H](Oc3cc(N4CCOCC4)cc4nccnc34)C2)nc1. The van der Waals surface area contributed by atoms with Crippen molar-refractivity contribution in [1.29, 1.82) is 0 Å². The van der Waals surface area contributed by atoms with Crippen LogP contribution in [0.1, 0.15) is 12.8 Å². The lowest BCUT2D eigenvalue weighted by Crippen LogP contribution is -2.38. The van der Waals surface area contributed by atoms with Crippen LogP contribution >= 0.6 is 0 Å². The smallest absolute Gasteiger partial charge is 0.222 e. The number of fused-ring (bicyclic) bond motifs is 1. The molecule has 8 nitrogen and oxygen atoms in total. The normalized spacial score (nSPS) is 21.6. The Morgan fingerprint density at radius 1 is 1.00 bits per heavy atom. The van der Waals surface area contributed by atoms with Crippen LogP contribution in [-0.2, 0) is 4.74 Å². The zero-order valence-electron chi connectivity index (χ0n) is 16.2. The summed E-state index contributed by atoms with van der Waals surface area (Å²) < 4.78 is 11.8. The number of morpholine rings is 1. The summed E-state index contributed by atoms with van der Waals surface area (Å²) in [7, 11) is 0. The maximum atomic E-state index is 6.36. The molecule has 0 bridgehead atoms. The van der Waals surface area contributed by atoms with Gasteiger partial charge >= 0.3 is 0 Å². The first-order chi connectivity index (χ1) is 14.3. The van der Waals surface area contributed by atoms with E-state index in [4.69, 9.17) is 9.47 Å². The summed E-state index contributed by atoms with van der Waals surface area (Å²) in [4.78, 5) is 19.7. The van der Waals surface area contributed by atoms with Gasteiger partial charge in [-0.1, -0.05) is 0 Å². The van der Waals surface area contributed by atoms with Crippen molar-refractivity contribution < 1.29 is 9.47 Å². The molecule has 0 unspecified atom stereocenters. The predicted molar refractivity (Wildman–Crippen MR) is 110 cm³/mol. The monoisotopic (exact) mass is 392 g/mol. The fourth-order valence-electron chi connectivity index (χ4n) is 3.87. The number of nitrogens with one attached hydrogen (secondary N) is 1. The molecule has 150 valence electrons. The maximum Gasteiger partial charge on any atom is 0.222 e. The zero-order valence-corrected chi connectivity index (χ0v) is 16.2. The second kappa shape index (κ2) is 8.16. The minimum absolute atomic E-state index is 0.198. The first-order valence-corrected chi connectivity index (χ1v) is 10.1. The van der Waals surface area contributed by atoms with Crippen molar-refractivity contribution in [2.45, 2.75) is 18.9 Å². The van der Waals surface area contributed by atoms with E-state index in [2.05, 4.69) is 42.3 Å². The predicted octanol–water partition coefficient (Wildman–Crippen LogP) is 2.53. The van der Waals surface area contributed by atoms with E-state index < -0.39 is 0 Å². The van der Waals surface area contributed by atoms with E-state index in [1.165, 1.54) is 0 Å². The number of aromatic nitrogens is 4. The highest BCUT2D eigenvalue weighted by atomic mass is 16.5. The molecule has 3 heterocycles. The minimum Gasteiger partial charge on any atom is -0.488 e. The standard InChI is InChI=1S/C21H24N6O2/c1-2-24-21(25-3-1)26-14-15-10-17(11-15)29-19-13-16(27-6-8-28-9-7-27)12-18-20(19)23-5-4-22-18/h1-5,12-13,15,17H,6-11,14H2,(H,24,25,26)/t15-,17-. The molecule has 0 amide bonds. The second-order valence-electron chi connectivity index (χ2n) is 7.50. The zero-order chi connectivity index (χ0) is 19.5. The van der Waals surface area contributed by atoms with Gasteiger partial charge in [0, 0.05) is 56.2 Å². The number of ether oxygens (including phenoxy) is 2. The highest BCUT2D eigenvalue weighted by Crippen LogP contribution is 2.36. The molecule has 29 heavy (non-hydrogen) atoms. The average Bonchev–Trinajstić information content (AvgIpc) is 2.76. The van der Waals surface area contributed by atoms with Crippen LogP contribution in [0.15, 0.2) is 43.0 Å². The summed E-state index contributed by atoms with van der Waals surface area (Å²) in [6.45, 7) is 4.11. The van der Waals surface area contributed by atoms with Crippen molar-refractivity contribution in [3.63, 3.8) is 0 Å². The first-order valence-electron chi connectivity index (χ1n) is 10.1. The van der Waals surface area contributed by atoms with Gasteiger partial charge in [0.1, 0.15) is 11.3 Å². The molecule has 2 fully saturated rings. The molecular formula is C21H24N6O2. The Morgan fingerprint density at radius 3 is 2.62 bits per heavy atom. The Labute approximate surface area is 169 Å². The van der Waals surface area contributed by atoms with Gasteiger partial charge in [0.15, 0.2) is 0 Å². The van der Waals surface area contributed by atoms with E-state index in [1.54, 1.807) is 24.8 Å². The third-order valence-electron chi connectivity index (χ3n) is 5.50. The van der Waals surface area contributed by atoms with E-state index in [1.807, 2.05) is 6.07 Å². The van der Waals surface area contributed by atoms with Crippen LogP contribution < -0.4 is 15.0 Å². The van der Waals surface area contributed by atoms with Crippen molar-refractivity contribution in [2.24, 2.45) is 5.92 Å². The van der Waals surface area contributed by atoms with Gasteiger partial charge in [0.25, 0.3) is 0 Å². The topological polar surface area (TPSA) is 85.3 Å². The van der Waals surface area contributed by atoms with Gasteiger partial charge in [-0.2, -0.15) is 0 Å². The summed E-state index contributed by atoms with van der Waals surface area (Å²) in [6.07, 6.45) is 9.14. The van der Waals surface area contributed by atoms with Crippen LogP contribution in [0, 0.1) is 5.92 Å². The van der Waals surface area contributed by atoms with Crippen LogP contribution in [0.2, 0.25) is 0 Å². The molecule has 1 saturated heterocycles. The van der Waals surface area contributed by atoms with Gasteiger partial charge in [-0.25, -0.2) is 15.0 Å². The third kappa shape index (κ3) is 4.07. The van der Waals surface area contributed by atoms with Crippen molar-refractivity contribution in [1.82, 2.24) is 19.9 Å². The third-order valence-corrected chi connectivity index (χ3v) is 5.50. The summed E-state index contributed by atoms with van der Waals surface area (Å²) in [6, 6.07) is 6.01. The van der Waals surface area contributed by atoms with E-state index in [-0.39, 0.29) is 6.10 Å². The molecule has 0 atom stereocenters. The number of rotatable bonds is 6. The molecule has 5 rings (SSSR count). The number of hydrogen-bond donors (Lipinski definition) is 1. The molecule has 2 aliphatic rings. The van der Waals surface area contributed by atoms with Gasteiger partial charge in [-0.3, -0.25) is 4.98 Å². The fourth-order valence-corrected chi connectivity index (χ4v) is 3.87.